The van der Waals surface area contributed by atoms with Crippen LogP contribution in [0.1, 0.15) is 23.3 Å². The summed E-state index contributed by atoms with van der Waals surface area (Å²) in [5.41, 5.74) is 0.404. The molecule has 0 radical (unpaired) electrons. The van der Waals surface area contributed by atoms with Crippen molar-refractivity contribution in [3.63, 3.8) is 0 Å². The van der Waals surface area contributed by atoms with E-state index in [1.807, 2.05) is 13.1 Å². The van der Waals surface area contributed by atoms with Crippen LogP contribution in [0.25, 0.3) is 0 Å². The molecule has 0 saturated carbocycles. The highest BCUT2D eigenvalue weighted by molar-refractivity contribution is 5.92. The van der Waals surface area contributed by atoms with Gasteiger partial charge >= 0.3 is 0 Å². The van der Waals surface area contributed by atoms with E-state index in [-0.39, 0.29) is 5.91 Å². The molecule has 1 aromatic rings. The predicted molar refractivity (Wildman–Crippen MR) is 74.4 cm³/mol. The van der Waals surface area contributed by atoms with Gasteiger partial charge in [0.05, 0.1) is 0 Å². The monoisotopic (exact) mass is 263 g/mol. The SMILES string of the molecule is CNCCN(C)C(=O)c1ccc(N2CCCC2)nn1. The lowest BCUT2D eigenvalue weighted by atomic mass is 10.3. The zero-order valence-electron chi connectivity index (χ0n) is 11.6. The third kappa shape index (κ3) is 3.41. The molecule has 19 heavy (non-hydrogen) atoms. The molecular formula is C13H21N5O. The first kappa shape index (κ1) is 13.7. The topological polar surface area (TPSA) is 61.4 Å². The highest BCUT2D eigenvalue weighted by Crippen LogP contribution is 2.16. The average molecular weight is 263 g/mol. The summed E-state index contributed by atoms with van der Waals surface area (Å²) < 4.78 is 0. The number of nitrogens with one attached hydrogen (secondary N) is 1. The lowest BCUT2D eigenvalue weighted by Crippen LogP contribution is -2.33. The number of carbonyl (C=O) groups excluding carboxylic acids is 1. The Morgan fingerprint density at radius 2 is 2.11 bits per heavy atom. The van der Waals surface area contributed by atoms with Crippen molar-refractivity contribution >= 4 is 11.7 Å². The third-order valence-electron chi connectivity index (χ3n) is 3.34. The van der Waals surface area contributed by atoms with Gasteiger partial charge in [0, 0.05) is 33.2 Å². The molecule has 0 spiro atoms. The van der Waals surface area contributed by atoms with Gasteiger partial charge in [-0.15, -0.1) is 10.2 Å². The molecule has 2 rings (SSSR count). The maximum absolute atomic E-state index is 12.1. The van der Waals surface area contributed by atoms with Crippen LogP contribution < -0.4 is 10.2 Å². The first-order valence-electron chi connectivity index (χ1n) is 6.71. The summed E-state index contributed by atoms with van der Waals surface area (Å²) in [6, 6.07) is 3.65. The zero-order valence-corrected chi connectivity index (χ0v) is 11.6. The standard InChI is InChI=1S/C13H21N5O/c1-14-7-10-17(2)13(19)11-5-6-12(16-15-11)18-8-3-4-9-18/h5-6,14H,3-4,7-10H2,1-2H3. The fourth-order valence-electron chi connectivity index (χ4n) is 2.13. The number of anilines is 1. The average Bonchev–Trinajstić information content (AvgIpc) is 2.98. The summed E-state index contributed by atoms with van der Waals surface area (Å²) in [5, 5.41) is 11.2. The minimum absolute atomic E-state index is 0.0873. The van der Waals surface area contributed by atoms with Crippen LogP contribution in [-0.4, -0.2) is 61.3 Å². The second kappa shape index (κ2) is 6.47. The lowest BCUT2D eigenvalue weighted by molar-refractivity contribution is 0.0790. The summed E-state index contributed by atoms with van der Waals surface area (Å²) in [7, 11) is 3.64. The van der Waals surface area contributed by atoms with E-state index >= 15 is 0 Å². The van der Waals surface area contributed by atoms with Gasteiger partial charge in [-0.25, -0.2) is 0 Å². The van der Waals surface area contributed by atoms with Gasteiger partial charge in [0.1, 0.15) is 0 Å². The van der Waals surface area contributed by atoms with Gasteiger partial charge < -0.3 is 15.1 Å². The first-order chi connectivity index (χ1) is 9.22. The second-order valence-corrected chi connectivity index (χ2v) is 4.80. The van der Waals surface area contributed by atoms with E-state index in [2.05, 4.69) is 20.4 Å². The van der Waals surface area contributed by atoms with Gasteiger partial charge in [-0.1, -0.05) is 0 Å². The Bertz CT molecular complexity index is 414. The molecule has 1 fully saturated rings. The van der Waals surface area contributed by atoms with Crippen molar-refractivity contribution in [3.8, 4) is 0 Å². The molecule has 104 valence electrons. The summed E-state index contributed by atoms with van der Waals surface area (Å²) in [6.07, 6.45) is 2.41. The fourth-order valence-corrected chi connectivity index (χ4v) is 2.13. The fraction of sp³-hybridized carbons (Fsp3) is 0.615. The van der Waals surface area contributed by atoms with Gasteiger partial charge in [-0.2, -0.15) is 0 Å². The van der Waals surface area contributed by atoms with Crippen LogP contribution in [0.3, 0.4) is 0 Å². The maximum Gasteiger partial charge on any atom is 0.274 e. The van der Waals surface area contributed by atoms with E-state index in [0.29, 0.717) is 12.2 Å². The molecule has 0 atom stereocenters. The zero-order chi connectivity index (χ0) is 13.7. The molecule has 0 aromatic carbocycles. The van der Waals surface area contributed by atoms with E-state index in [1.54, 1.807) is 18.0 Å². The number of carbonyl (C=O) groups is 1. The Hall–Kier alpha value is -1.69. The normalized spacial score (nSPS) is 14.7. The Morgan fingerprint density at radius 3 is 2.68 bits per heavy atom. The molecule has 6 nitrogen and oxygen atoms in total. The van der Waals surface area contributed by atoms with Crippen molar-refractivity contribution in [2.24, 2.45) is 0 Å². The van der Waals surface area contributed by atoms with Gasteiger partial charge in [-0.05, 0) is 32.0 Å². The molecule has 1 aliphatic rings. The van der Waals surface area contributed by atoms with Crippen LogP contribution in [0.4, 0.5) is 5.82 Å². The van der Waals surface area contributed by atoms with Crippen molar-refractivity contribution in [2.45, 2.75) is 12.8 Å². The molecule has 1 saturated heterocycles. The van der Waals surface area contributed by atoms with Crippen molar-refractivity contribution in [2.75, 3.05) is 45.2 Å². The molecule has 1 aliphatic heterocycles. The summed E-state index contributed by atoms with van der Waals surface area (Å²) in [6.45, 7) is 3.49. The number of hydrogen-bond acceptors (Lipinski definition) is 5. The van der Waals surface area contributed by atoms with Crippen LogP contribution in [-0.2, 0) is 0 Å². The van der Waals surface area contributed by atoms with Crippen molar-refractivity contribution in [1.82, 2.24) is 20.4 Å². The van der Waals surface area contributed by atoms with E-state index in [1.165, 1.54) is 12.8 Å². The van der Waals surface area contributed by atoms with Crippen molar-refractivity contribution in [3.05, 3.63) is 17.8 Å². The van der Waals surface area contributed by atoms with Crippen LogP contribution in [0.5, 0.6) is 0 Å². The van der Waals surface area contributed by atoms with E-state index in [0.717, 1.165) is 25.5 Å². The van der Waals surface area contributed by atoms with Crippen LogP contribution in [0.2, 0.25) is 0 Å². The van der Waals surface area contributed by atoms with Gasteiger partial charge in [0.25, 0.3) is 5.91 Å². The summed E-state index contributed by atoms with van der Waals surface area (Å²) in [4.78, 5) is 15.9. The quantitative estimate of drug-likeness (QED) is 0.831. The second-order valence-electron chi connectivity index (χ2n) is 4.80. The third-order valence-corrected chi connectivity index (χ3v) is 3.34. The smallest absolute Gasteiger partial charge is 0.274 e. The van der Waals surface area contributed by atoms with E-state index < -0.39 is 0 Å². The number of hydrogen-bond donors (Lipinski definition) is 1. The summed E-state index contributed by atoms with van der Waals surface area (Å²) in [5.74, 6) is 0.780. The largest absolute Gasteiger partial charge is 0.355 e. The first-order valence-corrected chi connectivity index (χ1v) is 6.71. The number of rotatable bonds is 5. The number of likely N-dealkylation sites (N-methyl/N-ethyl adjacent to an activating group) is 2. The van der Waals surface area contributed by atoms with Crippen LogP contribution in [0.15, 0.2) is 12.1 Å². The number of aromatic nitrogens is 2. The highest BCUT2D eigenvalue weighted by atomic mass is 16.2. The molecule has 1 aromatic heterocycles. The molecule has 0 bridgehead atoms. The van der Waals surface area contributed by atoms with Crippen molar-refractivity contribution in [1.29, 1.82) is 0 Å². The van der Waals surface area contributed by atoms with Crippen LogP contribution in [0, 0.1) is 0 Å². The highest BCUT2D eigenvalue weighted by Gasteiger charge is 2.16. The van der Waals surface area contributed by atoms with Gasteiger partial charge in [0.15, 0.2) is 11.5 Å². The minimum atomic E-state index is -0.0873. The van der Waals surface area contributed by atoms with E-state index in [9.17, 15) is 4.79 Å². The predicted octanol–water partition coefficient (Wildman–Crippen LogP) is 0.368. The van der Waals surface area contributed by atoms with Crippen molar-refractivity contribution < 1.29 is 4.79 Å². The molecule has 1 amide bonds. The maximum atomic E-state index is 12.1. The number of nitrogens with zero attached hydrogens (tertiary/aromatic N) is 4. The molecule has 6 heteroatoms. The van der Waals surface area contributed by atoms with E-state index in [4.69, 9.17) is 0 Å². The molecule has 2 heterocycles. The molecule has 0 unspecified atom stereocenters. The Morgan fingerprint density at radius 1 is 1.37 bits per heavy atom. The molecule has 0 aliphatic carbocycles. The van der Waals surface area contributed by atoms with Crippen LogP contribution >= 0.6 is 0 Å². The Labute approximate surface area is 113 Å². The Kier molecular flexibility index (Phi) is 4.68. The minimum Gasteiger partial charge on any atom is -0.355 e. The molecular weight excluding hydrogens is 242 g/mol. The number of amides is 1. The Balaban J connectivity index is 1.99. The van der Waals surface area contributed by atoms with Gasteiger partial charge in [-0.3, -0.25) is 4.79 Å². The lowest BCUT2D eigenvalue weighted by Gasteiger charge is -2.17. The summed E-state index contributed by atoms with van der Waals surface area (Å²) >= 11 is 0. The molecule has 1 N–H and O–H groups in total. The van der Waals surface area contributed by atoms with Gasteiger partial charge in [0.2, 0.25) is 0 Å².